The van der Waals surface area contributed by atoms with Gasteiger partial charge in [0, 0.05) is 29.4 Å². The van der Waals surface area contributed by atoms with Crippen LogP contribution in [-0.2, 0) is 0 Å². The van der Waals surface area contributed by atoms with Gasteiger partial charge in [0.25, 0.3) is 0 Å². The molecule has 0 amide bonds. The molecule has 14 heavy (non-hydrogen) atoms. The first-order chi connectivity index (χ1) is 6.95. The predicted molar refractivity (Wildman–Crippen MR) is 55.9 cm³/mol. The summed E-state index contributed by atoms with van der Waals surface area (Å²) in [4.78, 5) is 8.39. The standard InChI is InChI=1S/C12H7N2/c1-2-10-11-8-13-7-5-9(11)3-4-12(10)14-6-1/h1,3-8H. The van der Waals surface area contributed by atoms with E-state index in [2.05, 4.69) is 22.1 Å². The van der Waals surface area contributed by atoms with Crippen LogP contribution in [0.2, 0.25) is 0 Å². The van der Waals surface area contributed by atoms with E-state index >= 15 is 0 Å². The lowest BCUT2D eigenvalue weighted by atomic mass is 10.1. The van der Waals surface area contributed by atoms with Crippen LogP contribution in [0.5, 0.6) is 0 Å². The Morgan fingerprint density at radius 1 is 1.07 bits per heavy atom. The third-order valence-corrected chi connectivity index (χ3v) is 2.32. The number of hydrogen-bond donors (Lipinski definition) is 0. The Kier molecular flexibility index (Phi) is 1.47. The number of rotatable bonds is 0. The molecule has 65 valence electrons. The SMILES string of the molecule is [c]1ccnc2ccc3ccncc3c12. The minimum atomic E-state index is 0.966. The van der Waals surface area contributed by atoms with Gasteiger partial charge in [-0.25, -0.2) is 0 Å². The molecule has 0 saturated heterocycles. The second-order valence-electron chi connectivity index (χ2n) is 3.15. The third-order valence-electron chi connectivity index (χ3n) is 2.32. The topological polar surface area (TPSA) is 25.8 Å². The van der Waals surface area contributed by atoms with E-state index in [0.29, 0.717) is 0 Å². The van der Waals surface area contributed by atoms with E-state index in [1.165, 1.54) is 5.39 Å². The average Bonchev–Trinajstić information content (AvgIpc) is 2.29. The molecule has 2 heteroatoms. The molecule has 2 nitrogen and oxygen atoms in total. The van der Waals surface area contributed by atoms with Gasteiger partial charge in [0.1, 0.15) is 0 Å². The Hall–Kier alpha value is -1.96. The Bertz CT molecular complexity index is 547. The first kappa shape index (κ1) is 7.44. The largest absolute Gasteiger partial charge is 0.264 e. The molecular weight excluding hydrogens is 172 g/mol. The van der Waals surface area contributed by atoms with E-state index in [4.69, 9.17) is 0 Å². The summed E-state index contributed by atoms with van der Waals surface area (Å²) < 4.78 is 0. The molecule has 0 aliphatic rings. The molecule has 0 aliphatic carbocycles. The average molecular weight is 179 g/mol. The van der Waals surface area contributed by atoms with Crippen LogP contribution in [0.25, 0.3) is 21.7 Å². The summed E-state index contributed by atoms with van der Waals surface area (Å²) in [7, 11) is 0. The van der Waals surface area contributed by atoms with Gasteiger partial charge in [-0.15, -0.1) is 0 Å². The molecule has 3 aromatic rings. The molecule has 1 aromatic carbocycles. The van der Waals surface area contributed by atoms with Gasteiger partial charge in [-0.05, 0) is 29.7 Å². The van der Waals surface area contributed by atoms with Crippen LogP contribution in [0, 0.1) is 6.07 Å². The van der Waals surface area contributed by atoms with Crippen molar-refractivity contribution in [3.05, 3.63) is 48.9 Å². The van der Waals surface area contributed by atoms with Crippen LogP contribution < -0.4 is 0 Å². The van der Waals surface area contributed by atoms with Gasteiger partial charge in [0.2, 0.25) is 0 Å². The van der Waals surface area contributed by atoms with Gasteiger partial charge in [0.15, 0.2) is 0 Å². The Balaban J connectivity index is 2.61. The first-order valence-electron chi connectivity index (χ1n) is 4.44. The fraction of sp³-hybridized carbons (Fsp3) is 0. The highest BCUT2D eigenvalue weighted by molar-refractivity contribution is 6.05. The van der Waals surface area contributed by atoms with Crippen molar-refractivity contribution in [2.45, 2.75) is 0 Å². The molecule has 0 N–H and O–H groups in total. The van der Waals surface area contributed by atoms with Crippen molar-refractivity contribution in [1.82, 2.24) is 9.97 Å². The number of nitrogens with zero attached hydrogens (tertiary/aromatic N) is 2. The Morgan fingerprint density at radius 3 is 3.07 bits per heavy atom. The minimum Gasteiger partial charge on any atom is -0.264 e. The lowest BCUT2D eigenvalue weighted by Gasteiger charge is -2.00. The van der Waals surface area contributed by atoms with Crippen LogP contribution in [0.4, 0.5) is 0 Å². The molecule has 1 radical (unpaired) electrons. The van der Waals surface area contributed by atoms with Crippen molar-refractivity contribution in [2.24, 2.45) is 0 Å². The minimum absolute atomic E-state index is 0.966. The molecule has 0 atom stereocenters. The zero-order valence-corrected chi connectivity index (χ0v) is 7.44. The zero-order valence-electron chi connectivity index (χ0n) is 7.44. The molecule has 0 saturated carbocycles. The van der Waals surface area contributed by atoms with E-state index in [9.17, 15) is 0 Å². The predicted octanol–water partition coefficient (Wildman–Crippen LogP) is 2.58. The first-order valence-corrected chi connectivity index (χ1v) is 4.44. The highest BCUT2D eigenvalue weighted by atomic mass is 14.6. The van der Waals surface area contributed by atoms with Gasteiger partial charge >= 0.3 is 0 Å². The lowest BCUT2D eigenvalue weighted by molar-refractivity contribution is 1.36. The van der Waals surface area contributed by atoms with Gasteiger partial charge < -0.3 is 0 Å². The highest BCUT2D eigenvalue weighted by Gasteiger charge is 1.99. The van der Waals surface area contributed by atoms with E-state index in [1.807, 2.05) is 24.4 Å². The summed E-state index contributed by atoms with van der Waals surface area (Å²) >= 11 is 0. The number of fused-ring (bicyclic) bond motifs is 3. The molecule has 0 aliphatic heterocycles. The van der Waals surface area contributed by atoms with E-state index in [1.54, 1.807) is 12.4 Å². The van der Waals surface area contributed by atoms with E-state index in [0.717, 1.165) is 16.3 Å². The van der Waals surface area contributed by atoms with Crippen LogP contribution in [0.1, 0.15) is 0 Å². The normalized spacial score (nSPS) is 10.9. The summed E-state index contributed by atoms with van der Waals surface area (Å²) in [5.74, 6) is 0. The van der Waals surface area contributed by atoms with Crippen molar-refractivity contribution in [3.8, 4) is 0 Å². The maximum Gasteiger partial charge on any atom is 0.0715 e. The van der Waals surface area contributed by atoms with Crippen molar-refractivity contribution in [1.29, 1.82) is 0 Å². The number of hydrogen-bond acceptors (Lipinski definition) is 2. The molecule has 0 fully saturated rings. The second-order valence-corrected chi connectivity index (χ2v) is 3.15. The highest BCUT2D eigenvalue weighted by Crippen LogP contribution is 2.21. The summed E-state index contributed by atoms with van der Waals surface area (Å²) in [5.41, 5.74) is 0.966. The van der Waals surface area contributed by atoms with Gasteiger partial charge in [-0.3, -0.25) is 9.97 Å². The Labute approximate surface area is 81.2 Å². The van der Waals surface area contributed by atoms with Crippen LogP contribution in [-0.4, -0.2) is 9.97 Å². The monoisotopic (exact) mass is 179 g/mol. The fourth-order valence-electron chi connectivity index (χ4n) is 1.65. The van der Waals surface area contributed by atoms with Crippen molar-refractivity contribution >= 4 is 21.7 Å². The van der Waals surface area contributed by atoms with Crippen LogP contribution in [0.3, 0.4) is 0 Å². The third kappa shape index (κ3) is 0.973. The maximum atomic E-state index is 4.27. The molecular formula is C12H7N2. The van der Waals surface area contributed by atoms with Crippen LogP contribution >= 0.6 is 0 Å². The molecule has 0 unspecified atom stereocenters. The van der Waals surface area contributed by atoms with Gasteiger partial charge in [0.05, 0.1) is 5.52 Å². The second kappa shape index (κ2) is 2.77. The summed E-state index contributed by atoms with van der Waals surface area (Å²) in [6.45, 7) is 0. The lowest BCUT2D eigenvalue weighted by Crippen LogP contribution is -1.81. The van der Waals surface area contributed by atoms with E-state index < -0.39 is 0 Å². The summed E-state index contributed by atoms with van der Waals surface area (Å²) in [6, 6.07) is 11.1. The number of aromatic nitrogens is 2. The molecule has 2 aromatic heterocycles. The van der Waals surface area contributed by atoms with Gasteiger partial charge in [-0.2, -0.15) is 0 Å². The van der Waals surface area contributed by atoms with Gasteiger partial charge in [-0.1, -0.05) is 6.07 Å². The van der Waals surface area contributed by atoms with Crippen molar-refractivity contribution in [2.75, 3.05) is 0 Å². The maximum absolute atomic E-state index is 4.27. The van der Waals surface area contributed by atoms with Crippen LogP contribution in [0.15, 0.2) is 42.9 Å². The van der Waals surface area contributed by atoms with Crippen molar-refractivity contribution < 1.29 is 0 Å². The molecule has 0 spiro atoms. The summed E-state index contributed by atoms with van der Waals surface area (Å²) in [5, 5.41) is 3.33. The number of benzene rings is 1. The summed E-state index contributed by atoms with van der Waals surface area (Å²) in [6.07, 6.45) is 5.41. The van der Waals surface area contributed by atoms with Crippen molar-refractivity contribution in [3.63, 3.8) is 0 Å². The smallest absolute Gasteiger partial charge is 0.0715 e. The molecule has 2 heterocycles. The molecule has 3 rings (SSSR count). The zero-order chi connectivity index (χ0) is 9.38. The molecule has 0 bridgehead atoms. The quantitative estimate of drug-likeness (QED) is 0.496. The number of pyridine rings is 2. The Morgan fingerprint density at radius 2 is 2.07 bits per heavy atom. The van der Waals surface area contributed by atoms with E-state index in [-0.39, 0.29) is 0 Å². The fourth-order valence-corrected chi connectivity index (χ4v) is 1.65.